The van der Waals surface area contributed by atoms with Crippen molar-refractivity contribution in [3.05, 3.63) is 51.7 Å². The highest BCUT2D eigenvalue weighted by molar-refractivity contribution is 7.17. The number of anilines is 2. The second kappa shape index (κ2) is 12.7. The summed E-state index contributed by atoms with van der Waals surface area (Å²) in [5, 5.41) is 10.6. The van der Waals surface area contributed by atoms with Gasteiger partial charge in [-0.2, -0.15) is 5.26 Å². The number of carbonyl (C=O) groups excluding carboxylic acids is 1. The van der Waals surface area contributed by atoms with Crippen LogP contribution in [0.1, 0.15) is 54.5 Å². The lowest BCUT2D eigenvalue weighted by molar-refractivity contribution is -0.131. The second-order valence-corrected chi connectivity index (χ2v) is 13.3. The van der Waals surface area contributed by atoms with Crippen molar-refractivity contribution in [3.8, 4) is 17.3 Å². The molecule has 6 rings (SSSR count). The van der Waals surface area contributed by atoms with Crippen molar-refractivity contribution in [3.63, 3.8) is 0 Å². The first-order valence-corrected chi connectivity index (χ1v) is 16.6. The van der Waals surface area contributed by atoms with Gasteiger partial charge >= 0.3 is 0 Å². The number of hydrogen-bond donors (Lipinski definition) is 0. The van der Waals surface area contributed by atoms with E-state index in [0.717, 1.165) is 55.2 Å². The maximum Gasteiger partial charge on any atom is 0.236 e. The molecule has 1 unspecified atom stereocenters. The molecule has 1 aromatic carbocycles. The van der Waals surface area contributed by atoms with Crippen LogP contribution in [0.2, 0.25) is 0 Å². The number of aromatic nitrogens is 3. The molecular weight excluding hydrogens is 589 g/mol. The SMILES string of the molecule is CCc1nc2sc(C3CCN(CC(=O)N4CCC(CF)C4)CC3)cn2c1N(CC)c1nc(-c2ccc(F)cc2)c(C#N)s1. The smallest absolute Gasteiger partial charge is 0.236 e. The normalized spacial score (nSPS) is 18.0. The van der Waals surface area contributed by atoms with Crippen molar-refractivity contribution in [1.29, 1.82) is 5.26 Å². The molecular formula is C31H35F2N7OS2. The van der Waals surface area contributed by atoms with E-state index >= 15 is 0 Å². The summed E-state index contributed by atoms with van der Waals surface area (Å²) in [6, 6.07) is 8.35. The number of imidazole rings is 1. The highest BCUT2D eigenvalue weighted by Gasteiger charge is 2.30. The lowest BCUT2D eigenvalue weighted by Gasteiger charge is -2.32. The van der Waals surface area contributed by atoms with E-state index in [2.05, 4.69) is 40.3 Å². The van der Waals surface area contributed by atoms with Crippen LogP contribution in [0.25, 0.3) is 16.2 Å². The average molecular weight is 624 g/mol. The second-order valence-electron chi connectivity index (χ2n) is 11.3. The molecule has 1 atom stereocenters. The number of nitriles is 1. The highest BCUT2D eigenvalue weighted by Crippen LogP contribution is 2.40. The van der Waals surface area contributed by atoms with E-state index in [4.69, 9.17) is 9.97 Å². The van der Waals surface area contributed by atoms with E-state index < -0.39 is 0 Å². The lowest BCUT2D eigenvalue weighted by Crippen LogP contribution is -2.42. The van der Waals surface area contributed by atoms with Crippen LogP contribution in [0.4, 0.5) is 19.7 Å². The molecule has 1 amide bonds. The number of likely N-dealkylation sites (tertiary alicyclic amines) is 2. The first-order valence-electron chi connectivity index (χ1n) is 14.9. The number of thiazole rings is 2. The van der Waals surface area contributed by atoms with E-state index in [9.17, 15) is 18.8 Å². The van der Waals surface area contributed by atoms with Crippen molar-refractivity contribution < 1.29 is 13.6 Å². The Morgan fingerprint density at radius 2 is 1.88 bits per heavy atom. The lowest BCUT2D eigenvalue weighted by atomic mass is 9.96. The number of aryl methyl sites for hydroxylation is 1. The Balaban J connectivity index is 1.20. The fraction of sp³-hybridized carbons (Fsp3) is 0.484. The molecule has 2 aliphatic rings. The zero-order valence-electron chi connectivity index (χ0n) is 24.4. The first kappa shape index (κ1) is 29.7. The van der Waals surface area contributed by atoms with Gasteiger partial charge in [-0.05, 0) is 75.9 Å². The Bertz CT molecular complexity index is 1630. The number of carbonyl (C=O) groups is 1. The molecule has 5 heterocycles. The number of hydrogen-bond acceptors (Lipinski definition) is 8. The third kappa shape index (κ3) is 5.90. The van der Waals surface area contributed by atoms with Gasteiger partial charge in [0.25, 0.3) is 0 Å². The maximum absolute atomic E-state index is 13.5. The fourth-order valence-electron chi connectivity index (χ4n) is 6.14. The summed E-state index contributed by atoms with van der Waals surface area (Å²) in [6.07, 6.45) is 5.66. The number of benzene rings is 1. The number of piperidine rings is 1. The van der Waals surface area contributed by atoms with E-state index in [-0.39, 0.29) is 24.3 Å². The molecule has 2 saturated heterocycles. The summed E-state index contributed by atoms with van der Waals surface area (Å²) in [6.45, 7) is 7.78. The minimum absolute atomic E-state index is 0.00461. The molecule has 0 aliphatic carbocycles. The zero-order valence-corrected chi connectivity index (χ0v) is 26.1. The highest BCUT2D eigenvalue weighted by atomic mass is 32.1. The molecule has 0 saturated carbocycles. The quantitative estimate of drug-likeness (QED) is 0.219. The van der Waals surface area contributed by atoms with Crippen molar-refractivity contribution in [1.82, 2.24) is 24.2 Å². The molecule has 0 bridgehead atoms. The summed E-state index contributed by atoms with van der Waals surface area (Å²) in [5.41, 5.74) is 2.24. The molecule has 0 radical (unpaired) electrons. The van der Waals surface area contributed by atoms with Crippen molar-refractivity contribution >= 4 is 44.5 Å². The van der Waals surface area contributed by atoms with Crippen LogP contribution in [0.3, 0.4) is 0 Å². The van der Waals surface area contributed by atoms with E-state index in [0.29, 0.717) is 53.4 Å². The molecule has 8 nitrogen and oxygen atoms in total. The van der Waals surface area contributed by atoms with Crippen LogP contribution in [0, 0.1) is 23.1 Å². The van der Waals surface area contributed by atoms with Crippen LogP contribution in [0.15, 0.2) is 30.5 Å². The Morgan fingerprint density at radius 1 is 1.12 bits per heavy atom. The van der Waals surface area contributed by atoms with Gasteiger partial charge in [0.2, 0.25) is 5.91 Å². The molecule has 12 heteroatoms. The monoisotopic (exact) mass is 623 g/mol. The molecule has 4 aromatic rings. The van der Waals surface area contributed by atoms with E-state index in [1.807, 2.05) is 4.90 Å². The van der Waals surface area contributed by atoms with Crippen LogP contribution < -0.4 is 4.90 Å². The number of halogens is 2. The molecule has 0 spiro atoms. The molecule has 3 aromatic heterocycles. The number of alkyl halides is 1. The largest absolute Gasteiger partial charge is 0.341 e. The Labute approximate surface area is 258 Å². The van der Waals surface area contributed by atoms with Gasteiger partial charge in [-0.15, -0.1) is 11.3 Å². The number of fused-ring (bicyclic) bond motifs is 1. The molecule has 43 heavy (non-hydrogen) atoms. The van der Waals surface area contributed by atoms with Gasteiger partial charge in [-0.1, -0.05) is 18.3 Å². The Kier molecular flexibility index (Phi) is 8.75. The predicted octanol–water partition coefficient (Wildman–Crippen LogP) is 6.25. The van der Waals surface area contributed by atoms with Gasteiger partial charge in [-0.3, -0.25) is 18.5 Å². The third-order valence-electron chi connectivity index (χ3n) is 8.57. The summed E-state index contributed by atoms with van der Waals surface area (Å²) in [4.78, 5) is 31.5. The van der Waals surface area contributed by atoms with Crippen LogP contribution in [0.5, 0.6) is 0 Å². The van der Waals surface area contributed by atoms with Gasteiger partial charge in [0.15, 0.2) is 10.1 Å². The maximum atomic E-state index is 13.5. The average Bonchev–Trinajstić information content (AvgIpc) is 3.82. The molecule has 0 N–H and O–H groups in total. The Hall–Kier alpha value is -3.40. The summed E-state index contributed by atoms with van der Waals surface area (Å²) in [7, 11) is 0. The number of amides is 1. The predicted molar refractivity (Wildman–Crippen MR) is 166 cm³/mol. The van der Waals surface area contributed by atoms with Crippen LogP contribution in [-0.4, -0.2) is 76.0 Å². The van der Waals surface area contributed by atoms with Gasteiger partial charge < -0.3 is 9.80 Å². The number of nitrogens with zero attached hydrogens (tertiary/aromatic N) is 7. The van der Waals surface area contributed by atoms with E-state index in [1.54, 1.807) is 23.5 Å². The summed E-state index contributed by atoms with van der Waals surface area (Å²) >= 11 is 3.05. The van der Waals surface area contributed by atoms with Crippen LogP contribution in [-0.2, 0) is 11.2 Å². The molecule has 226 valence electrons. The minimum Gasteiger partial charge on any atom is -0.341 e. The van der Waals surface area contributed by atoms with E-state index in [1.165, 1.54) is 28.3 Å². The van der Waals surface area contributed by atoms with Crippen molar-refractivity contribution in [2.24, 2.45) is 5.92 Å². The van der Waals surface area contributed by atoms with Crippen molar-refractivity contribution in [2.75, 3.05) is 50.8 Å². The van der Waals surface area contributed by atoms with Crippen molar-refractivity contribution in [2.45, 2.75) is 45.4 Å². The first-order chi connectivity index (χ1) is 20.9. The summed E-state index contributed by atoms with van der Waals surface area (Å²) < 4.78 is 28.7. The fourth-order valence-corrected chi connectivity index (χ4v) is 8.25. The standard InChI is InChI=1S/C31H35F2N7OS2/c1-3-24-29(39(4-2)31-36-28(25(16-34)42-31)22-5-7-23(33)8-6-22)40-18-26(43-30(40)35-24)21-10-12-37(13-11-21)19-27(41)38-14-9-20(15-32)17-38/h5-8,18,20-21H,3-4,9-15,17,19H2,1-2H3. The van der Waals surface area contributed by atoms with Gasteiger partial charge in [0, 0.05) is 42.2 Å². The molecule has 2 aliphatic heterocycles. The van der Waals surface area contributed by atoms with Gasteiger partial charge in [0.05, 0.1) is 18.9 Å². The topological polar surface area (TPSA) is 80.8 Å². The number of rotatable bonds is 9. The van der Waals surface area contributed by atoms with Gasteiger partial charge in [0.1, 0.15) is 28.3 Å². The minimum atomic E-state index is -0.349. The van der Waals surface area contributed by atoms with Crippen LogP contribution >= 0.6 is 22.7 Å². The third-order valence-corrected chi connectivity index (χ3v) is 10.7. The molecule has 2 fully saturated rings. The summed E-state index contributed by atoms with van der Waals surface area (Å²) in [5.74, 6) is 1.14. The Morgan fingerprint density at radius 3 is 2.53 bits per heavy atom. The van der Waals surface area contributed by atoms with Gasteiger partial charge in [-0.25, -0.2) is 14.4 Å². The zero-order chi connectivity index (χ0) is 30.1.